The van der Waals surface area contributed by atoms with Gasteiger partial charge in [-0.25, -0.2) is 0 Å². The molecule has 148 valence electrons. The fourth-order valence-electron chi connectivity index (χ4n) is 2.37. The van der Waals surface area contributed by atoms with Gasteiger partial charge in [0, 0.05) is 12.7 Å². The van der Waals surface area contributed by atoms with Crippen LogP contribution in [0.5, 0.6) is 11.5 Å². The average Bonchev–Trinajstić information content (AvgIpc) is 3.11. The summed E-state index contributed by atoms with van der Waals surface area (Å²) >= 11 is 1.28. The van der Waals surface area contributed by atoms with Crippen molar-refractivity contribution < 1.29 is 14.3 Å². The quantitative estimate of drug-likeness (QED) is 0.571. The van der Waals surface area contributed by atoms with E-state index in [4.69, 9.17) is 14.7 Å². The van der Waals surface area contributed by atoms with E-state index in [-0.39, 0.29) is 18.3 Å². The van der Waals surface area contributed by atoms with Crippen LogP contribution in [0.15, 0.2) is 53.7 Å². The summed E-state index contributed by atoms with van der Waals surface area (Å²) in [6, 6.07) is 16.0. The van der Waals surface area contributed by atoms with Crippen LogP contribution in [-0.2, 0) is 18.4 Å². The van der Waals surface area contributed by atoms with E-state index >= 15 is 0 Å². The maximum absolute atomic E-state index is 12.1. The Bertz CT molecular complexity index is 1010. The fraction of sp³-hybridized carbons (Fsp3) is 0.200. The molecule has 0 unspecified atom stereocenters. The number of anilines is 1. The number of carbonyl (C=O) groups excluding carboxylic acids is 1. The second kappa shape index (κ2) is 9.61. The summed E-state index contributed by atoms with van der Waals surface area (Å²) in [7, 11) is 3.44. The number of nitrogens with zero attached hydrogens (tertiary/aromatic N) is 4. The van der Waals surface area contributed by atoms with Gasteiger partial charge in [-0.2, -0.15) is 5.26 Å². The average molecular weight is 409 g/mol. The third kappa shape index (κ3) is 5.49. The van der Waals surface area contributed by atoms with Crippen LogP contribution < -0.4 is 14.8 Å². The van der Waals surface area contributed by atoms with Crippen LogP contribution in [0.25, 0.3) is 0 Å². The number of aromatic nitrogens is 3. The minimum Gasteiger partial charge on any atom is -0.497 e. The third-order valence-electron chi connectivity index (χ3n) is 3.98. The van der Waals surface area contributed by atoms with E-state index in [1.54, 1.807) is 35.9 Å². The molecule has 1 N–H and O–H groups in total. The first kappa shape index (κ1) is 20.2. The van der Waals surface area contributed by atoms with Gasteiger partial charge in [-0.05, 0) is 48.5 Å². The summed E-state index contributed by atoms with van der Waals surface area (Å²) in [5.41, 5.74) is 1.18. The molecule has 0 bridgehead atoms. The summed E-state index contributed by atoms with van der Waals surface area (Å²) in [4.78, 5) is 12.1. The highest BCUT2D eigenvalue weighted by Gasteiger charge is 2.12. The van der Waals surface area contributed by atoms with Crippen LogP contribution in [-0.4, -0.2) is 33.5 Å². The number of benzene rings is 2. The Kier molecular flexibility index (Phi) is 6.71. The van der Waals surface area contributed by atoms with Crippen LogP contribution in [0.3, 0.4) is 0 Å². The molecule has 1 heterocycles. The van der Waals surface area contributed by atoms with Gasteiger partial charge in [0.2, 0.25) is 5.91 Å². The van der Waals surface area contributed by atoms with Crippen LogP contribution >= 0.6 is 11.8 Å². The number of nitrogens with one attached hydrogen (secondary N) is 1. The van der Waals surface area contributed by atoms with Crippen molar-refractivity contribution in [3.8, 4) is 17.6 Å². The number of rotatable bonds is 8. The predicted molar refractivity (Wildman–Crippen MR) is 109 cm³/mol. The summed E-state index contributed by atoms with van der Waals surface area (Å²) in [5, 5.41) is 20.4. The number of amides is 1. The SMILES string of the molecule is COc1ccc(OCc2nnc(SCC(=O)Nc3ccc(C#N)cc3)n2C)cc1. The molecule has 0 aliphatic heterocycles. The van der Waals surface area contributed by atoms with E-state index in [1.807, 2.05) is 37.4 Å². The zero-order valence-electron chi connectivity index (χ0n) is 16.0. The van der Waals surface area contributed by atoms with Gasteiger partial charge in [0.25, 0.3) is 0 Å². The Morgan fingerprint density at radius 3 is 2.48 bits per heavy atom. The molecule has 0 atom stereocenters. The van der Waals surface area contributed by atoms with Crippen molar-refractivity contribution in [2.24, 2.45) is 7.05 Å². The summed E-state index contributed by atoms with van der Waals surface area (Å²) in [6.45, 7) is 0.258. The Morgan fingerprint density at radius 2 is 1.83 bits per heavy atom. The zero-order chi connectivity index (χ0) is 20.6. The van der Waals surface area contributed by atoms with E-state index in [0.717, 1.165) is 5.75 Å². The van der Waals surface area contributed by atoms with Crippen LogP contribution in [0.1, 0.15) is 11.4 Å². The molecule has 3 rings (SSSR count). The molecule has 0 aliphatic carbocycles. The number of methoxy groups -OCH3 is 1. The molecule has 1 aromatic heterocycles. The highest BCUT2D eigenvalue weighted by atomic mass is 32.2. The molecule has 29 heavy (non-hydrogen) atoms. The second-order valence-electron chi connectivity index (χ2n) is 5.95. The largest absolute Gasteiger partial charge is 0.497 e. The lowest BCUT2D eigenvalue weighted by Crippen LogP contribution is -2.14. The lowest BCUT2D eigenvalue weighted by Gasteiger charge is -2.07. The third-order valence-corrected chi connectivity index (χ3v) is 5.00. The van der Waals surface area contributed by atoms with Crippen molar-refractivity contribution in [1.29, 1.82) is 5.26 Å². The van der Waals surface area contributed by atoms with E-state index in [9.17, 15) is 4.79 Å². The summed E-state index contributed by atoms with van der Waals surface area (Å²) in [6.07, 6.45) is 0. The van der Waals surface area contributed by atoms with Crippen LogP contribution in [0.2, 0.25) is 0 Å². The maximum Gasteiger partial charge on any atom is 0.234 e. The Balaban J connectivity index is 1.50. The first-order valence-corrected chi connectivity index (χ1v) is 9.65. The highest BCUT2D eigenvalue weighted by molar-refractivity contribution is 7.99. The first-order valence-electron chi connectivity index (χ1n) is 8.67. The first-order chi connectivity index (χ1) is 14.1. The summed E-state index contributed by atoms with van der Waals surface area (Å²) in [5.74, 6) is 2.12. The fourth-order valence-corrected chi connectivity index (χ4v) is 3.10. The van der Waals surface area contributed by atoms with E-state index in [0.29, 0.717) is 28.0 Å². The Morgan fingerprint density at radius 1 is 1.14 bits per heavy atom. The lowest BCUT2D eigenvalue weighted by molar-refractivity contribution is -0.113. The Labute approximate surface area is 172 Å². The van der Waals surface area contributed by atoms with Crippen molar-refractivity contribution in [3.63, 3.8) is 0 Å². The van der Waals surface area contributed by atoms with Crippen molar-refractivity contribution in [3.05, 3.63) is 59.9 Å². The smallest absolute Gasteiger partial charge is 0.234 e. The summed E-state index contributed by atoms with van der Waals surface area (Å²) < 4.78 is 12.6. The Hall–Kier alpha value is -3.51. The van der Waals surface area contributed by atoms with E-state index in [1.165, 1.54) is 11.8 Å². The molecule has 3 aromatic rings. The molecule has 2 aromatic carbocycles. The van der Waals surface area contributed by atoms with Gasteiger partial charge in [0.05, 0.1) is 24.5 Å². The number of carbonyl (C=O) groups is 1. The van der Waals surface area contributed by atoms with Crippen molar-refractivity contribution in [2.75, 3.05) is 18.2 Å². The van der Waals surface area contributed by atoms with Crippen molar-refractivity contribution >= 4 is 23.4 Å². The van der Waals surface area contributed by atoms with Gasteiger partial charge < -0.3 is 19.4 Å². The normalized spacial score (nSPS) is 10.2. The van der Waals surface area contributed by atoms with Gasteiger partial charge in [0.1, 0.15) is 18.1 Å². The maximum atomic E-state index is 12.1. The standard InChI is InChI=1S/C20H19N5O3S/c1-25-18(12-28-17-9-7-16(27-2)8-10-17)23-24-20(25)29-13-19(26)22-15-5-3-14(11-21)4-6-15/h3-10H,12-13H2,1-2H3,(H,22,26). The van der Waals surface area contributed by atoms with Crippen LogP contribution in [0.4, 0.5) is 5.69 Å². The number of hydrogen-bond acceptors (Lipinski definition) is 7. The van der Waals surface area contributed by atoms with Crippen molar-refractivity contribution in [2.45, 2.75) is 11.8 Å². The molecule has 0 saturated heterocycles. The monoisotopic (exact) mass is 409 g/mol. The van der Waals surface area contributed by atoms with Crippen molar-refractivity contribution in [1.82, 2.24) is 14.8 Å². The molecule has 0 spiro atoms. The highest BCUT2D eigenvalue weighted by Crippen LogP contribution is 2.20. The zero-order valence-corrected chi connectivity index (χ0v) is 16.8. The molecular weight excluding hydrogens is 390 g/mol. The molecule has 0 radical (unpaired) electrons. The molecule has 8 nitrogen and oxygen atoms in total. The second-order valence-corrected chi connectivity index (χ2v) is 6.89. The predicted octanol–water partition coefficient (Wildman–Crippen LogP) is 3.01. The molecule has 0 saturated carbocycles. The minimum atomic E-state index is -0.168. The van der Waals surface area contributed by atoms with E-state index < -0.39 is 0 Å². The van der Waals surface area contributed by atoms with E-state index in [2.05, 4.69) is 15.5 Å². The molecular formula is C20H19N5O3S. The van der Waals surface area contributed by atoms with Gasteiger partial charge in [-0.1, -0.05) is 11.8 Å². The lowest BCUT2D eigenvalue weighted by atomic mass is 10.2. The van der Waals surface area contributed by atoms with Gasteiger partial charge in [-0.15, -0.1) is 10.2 Å². The topological polar surface area (TPSA) is 102 Å². The minimum absolute atomic E-state index is 0.168. The molecule has 9 heteroatoms. The molecule has 0 fully saturated rings. The molecule has 0 aliphatic rings. The van der Waals surface area contributed by atoms with Gasteiger partial charge in [0.15, 0.2) is 11.0 Å². The molecule has 1 amide bonds. The number of ether oxygens (including phenoxy) is 2. The van der Waals surface area contributed by atoms with Gasteiger partial charge in [-0.3, -0.25) is 4.79 Å². The number of nitriles is 1. The number of hydrogen-bond donors (Lipinski definition) is 1. The number of thioether (sulfide) groups is 1. The van der Waals surface area contributed by atoms with Crippen LogP contribution in [0, 0.1) is 11.3 Å². The van der Waals surface area contributed by atoms with Gasteiger partial charge >= 0.3 is 0 Å².